The second-order valence-corrected chi connectivity index (χ2v) is 11.4. The molecule has 2 amide bonds. The third-order valence-electron chi connectivity index (χ3n) is 5.90. The smallest absolute Gasteiger partial charge is 0.264 e. The van der Waals surface area contributed by atoms with Gasteiger partial charge in [-0.05, 0) is 75.6 Å². The minimum absolute atomic E-state index is 0.0853. The number of aryl methyl sites for hydroxylation is 2. The van der Waals surface area contributed by atoms with E-state index in [-0.39, 0.29) is 23.4 Å². The summed E-state index contributed by atoms with van der Waals surface area (Å²) in [7, 11) is -4.07. The molecule has 0 heterocycles. The minimum atomic E-state index is -4.07. The highest BCUT2D eigenvalue weighted by atomic mass is 32.2. The molecular weight excluding hydrogens is 486 g/mol. The van der Waals surface area contributed by atoms with Crippen LogP contribution in [0.5, 0.6) is 0 Å². The number of carbonyl (C=O) groups is 2. The topological polar surface area (TPSA) is 86.8 Å². The van der Waals surface area contributed by atoms with E-state index < -0.39 is 28.5 Å². The van der Waals surface area contributed by atoms with Gasteiger partial charge in [0.1, 0.15) is 12.6 Å². The average molecular weight is 522 g/mol. The Morgan fingerprint density at radius 3 is 1.92 bits per heavy atom. The Morgan fingerprint density at radius 2 is 1.38 bits per heavy atom. The predicted molar refractivity (Wildman–Crippen MR) is 147 cm³/mol. The molecule has 196 valence electrons. The Balaban J connectivity index is 2.04. The van der Waals surface area contributed by atoms with Gasteiger partial charge in [-0.2, -0.15) is 0 Å². The van der Waals surface area contributed by atoms with Gasteiger partial charge in [-0.25, -0.2) is 8.42 Å². The summed E-state index contributed by atoms with van der Waals surface area (Å²) in [5, 5.41) is 2.85. The number of anilines is 1. The van der Waals surface area contributed by atoms with Gasteiger partial charge in [0.05, 0.1) is 10.6 Å². The van der Waals surface area contributed by atoms with E-state index >= 15 is 0 Å². The van der Waals surface area contributed by atoms with E-state index in [9.17, 15) is 18.0 Å². The molecular formula is C29H35N3O4S. The van der Waals surface area contributed by atoms with Crippen molar-refractivity contribution < 1.29 is 18.0 Å². The first kappa shape index (κ1) is 27.9. The van der Waals surface area contributed by atoms with Gasteiger partial charge in [0.15, 0.2) is 0 Å². The molecule has 0 saturated carbocycles. The van der Waals surface area contributed by atoms with Crippen molar-refractivity contribution in [2.24, 2.45) is 0 Å². The van der Waals surface area contributed by atoms with E-state index in [1.165, 1.54) is 17.0 Å². The van der Waals surface area contributed by atoms with Crippen molar-refractivity contribution in [3.63, 3.8) is 0 Å². The van der Waals surface area contributed by atoms with Gasteiger partial charge in [-0.1, -0.05) is 54.6 Å². The van der Waals surface area contributed by atoms with Crippen molar-refractivity contribution in [1.29, 1.82) is 0 Å². The Bertz CT molecular complexity index is 1310. The first-order valence-electron chi connectivity index (χ1n) is 12.3. The molecule has 0 unspecified atom stereocenters. The molecule has 1 atom stereocenters. The fourth-order valence-electron chi connectivity index (χ4n) is 4.11. The number of amides is 2. The summed E-state index contributed by atoms with van der Waals surface area (Å²) in [4.78, 5) is 28.3. The third kappa shape index (κ3) is 7.20. The zero-order valence-electron chi connectivity index (χ0n) is 22.0. The molecule has 1 N–H and O–H groups in total. The number of sulfonamides is 1. The molecule has 0 radical (unpaired) electrons. The maximum atomic E-state index is 13.9. The molecule has 3 rings (SSSR count). The lowest BCUT2D eigenvalue weighted by Crippen LogP contribution is -2.52. The lowest BCUT2D eigenvalue weighted by Gasteiger charge is -2.32. The van der Waals surface area contributed by atoms with Crippen LogP contribution in [0.1, 0.15) is 37.5 Å². The highest BCUT2D eigenvalue weighted by Crippen LogP contribution is 2.26. The highest BCUT2D eigenvalue weighted by molar-refractivity contribution is 7.92. The first-order valence-corrected chi connectivity index (χ1v) is 13.7. The van der Waals surface area contributed by atoms with Crippen molar-refractivity contribution in [2.45, 2.75) is 58.1 Å². The molecule has 8 heteroatoms. The van der Waals surface area contributed by atoms with Gasteiger partial charge >= 0.3 is 0 Å². The van der Waals surface area contributed by atoms with Crippen molar-refractivity contribution in [1.82, 2.24) is 10.2 Å². The molecule has 37 heavy (non-hydrogen) atoms. The Kier molecular flexibility index (Phi) is 9.10. The number of nitrogens with one attached hydrogen (secondary N) is 1. The van der Waals surface area contributed by atoms with Crippen LogP contribution in [-0.2, 0) is 26.2 Å². The van der Waals surface area contributed by atoms with Crippen molar-refractivity contribution in [3.8, 4) is 0 Å². The molecule has 0 aliphatic heterocycles. The molecule has 0 saturated heterocycles. The molecule has 7 nitrogen and oxygen atoms in total. The van der Waals surface area contributed by atoms with Crippen LogP contribution >= 0.6 is 0 Å². The van der Waals surface area contributed by atoms with Crippen LogP contribution in [0.3, 0.4) is 0 Å². The Labute approximate surface area is 220 Å². The standard InChI is InChI=1S/C29H35N3O4S/c1-21(2)30-29(34)24(5)31(19-25-12-8-6-9-13-25)28(33)20-32(26-17-22(3)16-23(4)18-26)37(35,36)27-14-10-7-11-15-27/h6-18,21,24H,19-20H2,1-5H3,(H,30,34)/t24-/m0/s1. The lowest BCUT2D eigenvalue weighted by atomic mass is 10.1. The van der Waals surface area contributed by atoms with Crippen molar-refractivity contribution in [2.75, 3.05) is 10.8 Å². The van der Waals surface area contributed by atoms with Crippen LogP contribution in [-0.4, -0.2) is 43.8 Å². The van der Waals surface area contributed by atoms with Crippen LogP contribution in [0.15, 0.2) is 83.8 Å². The monoisotopic (exact) mass is 521 g/mol. The average Bonchev–Trinajstić information content (AvgIpc) is 2.85. The SMILES string of the molecule is Cc1cc(C)cc(N(CC(=O)N(Cc2ccccc2)[C@@H](C)C(=O)NC(C)C)S(=O)(=O)c2ccccc2)c1. The van der Waals surface area contributed by atoms with Gasteiger partial charge in [0, 0.05) is 12.6 Å². The number of hydrogen-bond acceptors (Lipinski definition) is 4. The zero-order valence-corrected chi connectivity index (χ0v) is 22.8. The highest BCUT2D eigenvalue weighted by Gasteiger charge is 2.32. The minimum Gasteiger partial charge on any atom is -0.352 e. The molecule has 0 aliphatic rings. The summed E-state index contributed by atoms with van der Waals surface area (Å²) in [6.45, 7) is 8.83. The van der Waals surface area contributed by atoms with Crippen LogP contribution in [0.2, 0.25) is 0 Å². The number of carbonyl (C=O) groups excluding carboxylic acids is 2. The van der Waals surface area contributed by atoms with E-state index in [1.54, 1.807) is 37.3 Å². The van der Waals surface area contributed by atoms with Crippen LogP contribution < -0.4 is 9.62 Å². The van der Waals surface area contributed by atoms with Gasteiger partial charge in [-0.3, -0.25) is 13.9 Å². The Hall–Kier alpha value is -3.65. The fourth-order valence-corrected chi connectivity index (χ4v) is 5.53. The van der Waals surface area contributed by atoms with E-state index in [4.69, 9.17) is 0 Å². The summed E-state index contributed by atoms with van der Waals surface area (Å²) < 4.78 is 28.7. The molecule has 3 aromatic rings. The first-order chi connectivity index (χ1) is 17.5. The summed E-state index contributed by atoms with van der Waals surface area (Å²) in [6.07, 6.45) is 0. The van der Waals surface area contributed by atoms with E-state index in [2.05, 4.69) is 5.32 Å². The zero-order chi connectivity index (χ0) is 27.2. The fraction of sp³-hybridized carbons (Fsp3) is 0.310. The van der Waals surface area contributed by atoms with Crippen LogP contribution in [0.25, 0.3) is 0 Å². The number of benzene rings is 3. The number of nitrogens with zero attached hydrogens (tertiary/aromatic N) is 2. The summed E-state index contributed by atoms with van der Waals surface area (Å²) in [5.74, 6) is -0.780. The summed E-state index contributed by atoms with van der Waals surface area (Å²) >= 11 is 0. The van der Waals surface area contributed by atoms with Gasteiger partial charge < -0.3 is 10.2 Å². The Morgan fingerprint density at radius 1 is 0.838 bits per heavy atom. The summed E-state index contributed by atoms with van der Waals surface area (Å²) in [6, 6.07) is 21.9. The molecule has 0 fully saturated rings. The van der Waals surface area contributed by atoms with Crippen molar-refractivity contribution in [3.05, 3.63) is 95.6 Å². The largest absolute Gasteiger partial charge is 0.352 e. The maximum Gasteiger partial charge on any atom is 0.264 e. The van der Waals surface area contributed by atoms with Crippen LogP contribution in [0, 0.1) is 13.8 Å². The van der Waals surface area contributed by atoms with Gasteiger partial charge in [0.25, 0.3) is 10.0 Å². The van der Waals surface area contributed by atoms with Gasteiger partial charge in [0.2, 0.25) is 11.8 Å². The lowest BCUT2D eigenvalue weighted by molar-refractivity contribution is -0.139. The summed E-state index contributed by atoms with van der Waals surface area (Å²) in [5.41, 5.74) is 2.99. The van der Waals surface area contributed by atoms with E-state index in [0.717, 1.165) is 21.0 Å². The normalized spacial score (nSPS) is 12.2. The molecule has 0 bridgehead atoms. The predicted octanol–water partition coefficient (Wildman–Crippen LogP) is 4.44. The van der Waals surface area contributed by atoms with Gasteiger partial charge in [-0.15, -0.1) is 0 Å². The maximum absolute atomic E-state index is 13.9. The van der Waals surface area contributed by atoms with E-state index in [0.29, 0.717) is 5.69 Å². The molecule has 0 aliphatic carbocycles. The van der Waals surface area contributed by atoms with Crippen LogP contribution in [0.4, 0.5) is 5.69 Å². The molecule has 0 aromatic heterocycles. The quantitative estimate of drug-likeness (QED) is 0.427. The number of hydrogen-bond donors (Lipinski definition) is 1. The second kappa shape index (κ2) is 12.1. The number of rotatable bonds is 10. The molecule has 3 aromatic carbocycles. The molecule has 0 spiro atoms. The second-order valence-electron chi connectivity index (χ2n) is 9.52. The van der Waals surface area contributed by atoms with Crippen molar-refractivity contribution >= 4 is 27.5 Å². The third-order valence-corrected chi connectivity index (χ3v) is 7.69. The van der Waals surface area contributed by atoms with E-state index in [1.807, 2.05) is 64.1 Å².